The summed E-state index contributed by atoms with van der Waals surface area (Å²) in [4.78, 5) is 2.58. The van der Waals surface area contributed by atoms with Crippen molar-refractivity contribution in [3.8, 4) is 16.8 Å². The number of anilines is 1. The lowest BCUT2D eigenvalue weighted by molar-refractivity contribution is 0.471. The highest BCUT2D eigenvalue weighted by atomic mass is 15.2. The Morgan fingerprint density at radius 3 is 1.75 bits per heavy atom. The maximum absolute atomic E-state index is 2.58. The number of rotatable bonds is 8. The van der Waals surface area contributed by atoms with Gasteiger partial charge in [0.05, 0.1) is 16.4 Å². The Balaban J connectivity index is 0.975. The smallest absolute Gasteiger partial charge is 0.0541 e. The molecule has 8 aromatic carbocycles. The van der Waals surface area contributed by atoms with Crippen LogP contribution in [0.15, 0.2) is 248 Å². The van der Waals surface area contributed by atoms with E-state index in [0.717, 1.165) is 19.3 Å². The van der Waals surface area contributed by atoms with Crippen LogP contribution in [0.25, 0.3) is 49.8 Å². The van der Waals surface area contributed by atoms with E-state index in [0.29, 0.717) is 0 Å². The van der Waals surface area contributed by atoms with Gasteiger partial charge in [-0.25, -0.2) is 0 Å². The molecule has 0 radical (unpaired) electrons. The third-order valence-electron chi connectivity index (χ3n) is 13.9. The van der Waals surface area contributed by atoms with E-state index >= 15 is 0 Å². The van der Waals surface area contributed by atoms with Gasteiger partial charge in [-0.05, 0) is 124 Å². The van der Waals surface area contributed by atoms with Crippen molar-refractivity contribution >= 4 is 38.6 Å². The normalized spacial score (nSPS) is 16.4. The SMILES string of the molecule is C1=C(c2ccc3c(c2)c2ccccc2n3-c2ccccc2)CCC(N(C2=CC=C3c4ccccc4C(c4ccccc4)(c4ccccc4)C3C2)c2ccc(-c3ccccc3)cc2)=C1. The third-order valence-corrected chi connectivity index (χ3v) is 13.9. The molecule has 2 nitrogen and oxygen atoms in total. The van der Waals surface area contributed by atoms with Crippen LogP contribution in [0.5, 0.6) is 0 Å². The Morgan fingerprint density at radius 2 is 1.03 bits per heavy atom. The maximum atomic E-state index is 2.58. The molecule has 0 aliphatic heterocycles. The van der Waals surface area contributed by atoms with Gasteiger partial charge in [-0.2, -0.15) is 0 Å². The molecule has 3 aliphatic carbocycles. The Labute approximate surface area is 369 Å². The molecule has 1 aromatic heterocycles. The number of fused-ring (bicyclic) bond motifs is 6. The second-order valence-electron chi connectivity index (χ2n) is 17.1. The number of aromatic nitrogens is 1. The van der Waals surface area contributed by atoms with E-state index < -0.39 is 0 Å². The summed E-state index contributed by atoms with van der Waals surface area (Å²) in [5, 5.41) is 2.57. The summed E-state index contributed by atoms with van der Waals surface area (Å²) in [7, 11) is 0. The average Bonchev–Trinajstić information content (AvgIpc) is 3.86. The molecule has 9 aromatic rings. The molecule has 1 unspecified atom stereocenters. The standard InChI is InChI=1S/C61H46N2/c1-5-17-43(18-6-1)44-29-34-50(35-30-44)62(51-36-31-45(32-37-51)46-33-40-60-56(41-46)55-26-14-16-28-59(55)63(60)49-23-11-4-12-24-49)52-38-39-54-53-25-13-15-27-57(53)61(58(54)42-52,47-19-7-2-8-20-47)48-21-9-3-10-22-48/h1-31,33-36,38-41,58H,32,37,42H2. The number of hydrogen-bond acceptors (Lipinski definition) is 1. The van der Waals surface area contributed by atoms with Gasteiger partial charge in [-0.3, -0.25) is 0 Å². The minimum absolute atomic E-state index is 0.200. The predicted octanol–water partition coefficient (Wildman–Crippen LogP) is 15.4. The van der Waals surface area contributed by atoms with Crippen molar-refractivity contribution in [1.82, 2.24) is 4.57 Å². The molecular formula is C61H46N2. The van der Waals surface area contributed by atoms with Gasteiger partial charge in [0.1, 0.15) is 0 Å². The van der Waals surface area contributed by atoms with Crippen molar-refractivity contribution < 1.29 is 0 Å². The van der Waals surface area contributed by atoms with E-state index in [9.17, 15) is 0 Å². The molecule has 12 rings (SSSR count). The summed E-state index contributed by atoms with van der Waals surface area (Å²) in [6, 6.07) is 78.2. The molecule has 2 heteroatoms. The van der Waals surface area contributed by atoms with Crippen molar-refractivity contribution in [1.29, 1.82) is 0 Å². The Hall–Kier alpha value is -7.68. The highest BCUT2D eigenvalue weighted by Gasteiger charge is 2.52. The van der Waals surface area contributed by atoms with Crippen LogP contribution in [0, 0.1) is 5.92 Å². The van der Waals surface area contributed by atoms with Gasteiger partial charge in [-0.15, -0.1) is 0 Å². The molecule has 0 amide bonds. The van der Waals surface area contributed by atoms with Crippen molar-refractivity contribution in [3.05, 3.63) is 276 Å². The lowest BCUT2D eigenvalue weighted by Gasteiger charge is -2.42. The zero-order chi connectivity index (χ0) is 41.7. The van der Waals surface area contributed by atoms with Gasteiger partial charge in [0.25, 0.3) is 0 Å². The Morgan fingerprint density at radius 1 is 0.444 bits per heavy atom. The van der Waals surface area contributed by atoms with Crippen LogP contribution < -0.4 is 4.90 Å². The number of hydrogen-bond donors (Lipinski definition) is 0. The summed E-state index contributed by atoms with van der Waals surface area (Å²) in [5.74, 6) is 0.200. The predicted molar refractivity (Wildman–Crippen MR) is 264 cm³/mol. The summed E-state index contributed by atoms with van der Waals surface area (Å²) in [6.07, 6.45) is 12.4. The fourth-order valence-corrected chi connectivity index (χ4v) is 11.1. The number of para-hydroxylation sites is 2. The molecule has 0 fully saturated rings. The molecule has 1 heterocycles. The number of benzene rings is 8. The first-order chi connectivity index (χ1) is 31.3. The number of nitrogens with zero attached hydrogens (tertiary/aromatic N) is 2. The summed E-state index contributed by atoms with van der Waals surface area (Å²) in [5.41, 5.74) is 19.1. The van der Waals surface area contributed by atoms with E-state index in [2.05, 4.69) is 246 Å². The van der Waals surface area contributed by atoms with E-state index in [1.807, 2.05) is 0 Å². The van der Waals surface area contributed by atoms with E-state index in [4.69, 9.17) is 0 Å². The van der Waals surface area contributed by atoms with Gasteiger partial charge in [0.15, 0.2) is 0 Å². The molecule has 63 heavy (non-hydrogen) atoms. The molecule has 0 N–H and O–H groups in total. The summed E-state index contributed by atoms with van der Waals surface area (Å²) in [6.45, 7) is 0. The first-order valence-corrected chi connectivity index (χ1v) is 22.3. The number of allylic oxidation sites excluding steroid dienone is 8. The van der Waals surface area contributed by atoms with E-state index in [1.165, 1.54) is 94.7 Å². The van der Waals surface area contributed by atoms with Crippen LogP contribution in [-0.2, 0) is 5.41 Å². The quantitative estimate of drug-likeness (QED) is 0.148. The molecule has 1 atom stereocenters. The maximum Gasteiger partial charge on any atom is 0.0541 e. The molecular weight excluding hydrogens is 761 g/mol. The van der Waals surface area contributed by atoms with Crippen LogP contribution in [-0.4, -0.2) is 4.57 Å². The van der Waals surface area contributed by atoms with Crippen molar-refractivity contribution in [2.75, 3.05) is 4.90 Å². The fraction of sp³-hybridized carbons (Fsp3) is 0.0820. The van der Waals surface area contributed by atoms with Crippen LogP contribution >= 0.6 is 0 Å². The fourth-order valence-electron chi connectivity index (χ4n) is 11.1. The first kappa shape index (κ1) is 37.1. The highest BCUT2D eigenvalue weighted by molar-refractivity contribution is 6.10. The van der Waals surface area contributed by atoms with Crippen molar-refractivity contribution in [3.63, 3.8) is 0 Å². The van der Waals surface area contributed by atoms with Crippen molar-refractivity contribution in [2.24, 2.45) is 5.92 Å². The van der Waals surface area contributed by atoms with Crippen LogP contribution in [0.1, 0.15) is 47.1 Å². The van der Waals surface area contributed by atoms with Crippen LogP contribution in [0.4, 0.5) is 5.69 Å². The molecule has 0 saturated heterocycles. The topological polar surface area (TPSA) is 8.17 Å². The van der Waals surface area contributed by atoms with E-state index in [1.54, 1.807) is 0 Å². The second-order valence-corrected chi connectivity index (χ2v) is 17.1. The van der Waals surface area contributed by atoms with Gasteiger partial charge in [0, 0.05) is 39.5 Å². The minimum Gasteiger partial charge on any atom is -0.318 e. The molecule has 0 saturated carbocycles. The Kier molecular flexibility index (Phi) is 9.04. The second kappa shape index (κ2) is 15.3. The minimum atomic E-state index is -0.344. The average molecular weight is 807 g/mol. The lowest BCUT2D eigenvalue weighted by atomic mass is 9.62. The lowest BCUT2D eigenvalue weighted by Crippen LogP contribution is -2.37. The van der Waals surface area contributed by atoms with Gasteiger partial charge >= 0.3 is 0 Å². The summed E-state index contributed by atoms with van der Waals surface area (Å²) >= 11 is 0. The van der Waals surface area contributed by atoms with Gasteiger partial charge < -0.3 is 9.47 Å². The molecule has 0 bridgehead atoms. The monoisotopic (exact) mass is 806 g/mol. The first-order valence-electron chi connectivity index (χ1n) is 22.3. The molecule has 3 aliphatic rings. The zero-order valence-corrected chi connectivity index (χ0v) is 35.1. The highest BCUT2D eigenvalue weighted by Crippen LogP contribution is 2.60. The van der Waals surface area contributed by atoms with Crippen LogP contribution in [0.2, 0.25) is 0 Å². The van der Waals surface area contributed by atoms with Gasteiger partial charge in [-0.1, -0.05) is 182 Å². The third kappa shape index (κ3) is 6.09. The molecule has 0 spiro atoms. The van der Waals surface area contributed by atoms with Gasteiger partial charge in [0.2, 0.25) is 0 Å². The Bertz CT molecular complexity index is 3240. The largest absolute Gasteiger partial charge is 0.318 e. The van der Waals surface area contributed by atoms with E-state index in [-0.39, 0.29) is 11.3 Å². The van der Waals surface area contributed by atoms with Crippen molar-refractivity contribution in [2.45, 2.75) is 24.7 Å². The molecule has 300 valence electrons. The summed E-state index contributed by atoms with van der Waals surface area (Å²) < 4.78 is 2.40. The van der Waals surface area contributed by atoms with Crippen LogP contribution in [0.3, 0.4) is 0 Å². The zero-order valence-electron chi connectivity index (χ0n) is 35.1.